The van der Waals surface area contributed by atoms with Crippen LogP contribution in [-0.4, -0.2) is 48.9 Å². The number of ether oxygens (including phenoxy) is 1. The minimum Gasteiger partial charge on any atom is -0.364 e. The Kier molecular flexibility index (Phi) is 8.18. The number of rotatable bonds is 6. The number of para-hydroxylation sites is 1. The number of hydrogen-bond donors (Lipinski definition) is 2. The molecule has 1 unspecified atom stereocenters. The van der Waals surface area contributed by atoms with Gasteiger partial charge >= 0.3 is 6.03 Å². The number of nitrogens with one attached hydrogen (secondary N) is 1. The number of anilines is 2. The number of primary amides is 1. The van der Waals surface area contributed by atoms with Gasteiger partial charge in [0.2, 0.25) is 0 Å². The number of benzene rings is 3. The summed E-state index contributed by atoms with van der Waals surface area (Å²) in [6.07, 6.45) is 0.821. The second-order valence-electron chi connectivity index (χ2n) is 9.09. The van der Waals surface area contributed by atoms with Gasteiger partial charge in [0, 0.05) is 41.7 Å². The fourth-order valence-corrected chi connectivity index (χ4v) is 4.37. The van der Waals surface area contributed by atoms with Crippen LogP contribution in [0.25, 0.3) is 0 Å². The molecule has 1 atom stereocenters. The smallest absolute Gasteiger partial charge is 0.321 e. The van der Waals surface area contributed by atoms with Crippen molar-refractivity contribution in [2.75, 3.05) is 30.4 Å². The van der Waals surface area contributed by atoms with Gasteiger partial charge in [-0.2, -0.15) is 0 Å². The summed E-state index contributed by atoms with van der Waals surface area (Å²) in [5, 5.41) is 2.87. The number of carbonyl (C=O) groups excluding carboxylic acids is 4. The van der Waals surface area contributed by atoms with E-state index in [2.05, 4.69) is 5.32 Å². The van der Waals surface area contributed by atoms with Gasteiger partial charge < -0.3 is 20.7 Å². The van der Waals surface area contributed by atoms with Gasteiger partial charge in [0.05, 0.1) is 6.10 Å². The van der Waals surface area contributed by atoms with Crippen molar-refractivity contribution in [1.82, 2.24) is 4.90 Å². The molecule has 3 aromatic carbocycles. The summed E-state index contributed by atoms with van der Waals surface area (Å²) in [6, 6.07) is 20.7. The number of amides is 5. The van der Waals surface area contributed by atoms with Gasteiger partial charge in [-0.05, 0) is 61.7 Å². The number of hydrogen-bond acceptors (Lipinski definition) is 5. The average molecular weight is 515 g/mol. The van der Waals surface area contributed by atoms with Crippen LogP contribution in [-0.2, 0) is 9.53 Å². The molecule has 196 valence electrons. The lowest BCUT2D eigenvalue weighted by Crippen LogP contribution is -2.39. The SMILES string of the molecule is Cc1ccccc1C(=O)Nc1ccc(C(=O)N2CCCC(OCC(=O)N(C)C(N)=O)c3ccccc32)cc1. The molecule has 0 radical (unpaired) electrons. The molecular weight excluding hydrogens is 484 g/mol. The first kappa shape index (κ1) is 26.6. The van der Waals surface area contributed by atoms with Crippen LogP contribution in [0.4, 0.5) is 16.2 Å². The maximum atomic E-state index is 13.5. The Labute approximate surface area is 221 Å². The van der Waals surface area contributed by atoms with Crippen LogP contribution in [0.15, 0.2) is 72.8 Å². The summed E-state index contributed by atoms with van der Waals surface area (Å²) in [7, 11) is 1.30. The quantitative estimate of drug-likeness (QED) is 0.508. The topological polar surface area (TPSA) is 122 Å². The zero-order valence-corrected chi connectivity index (χ0v) is 21.3. The van der Waals surface area contributed by atoms with E-state index in [0.29, 0.717) is 41.9 Å². The highest BCUT2D eigenvalue weighted by Crippen LogP contribution is 2.36. The van der Waals surface area contributed by atoms with Gasteiger partial charge in [0.1, 0.15) is 6.61 Å². The number of likely N-dealkylation sites (N-methyl/N-ethyl adjacent to an activating group) is 1. The Balaban J connectivity index is 1.48. The molecule has 9 heteroatoms. The molecule has 38 heavy (non-hydrogen) atoms. The van der Waals surface area contributed by atoms with E-state index in [1.165, 1.54) is 7.05 Å². The van der Waals surface area contributed by atoms with Crippen LogP contribution in [0.1, 0.15) is 50.8 Å². The molecule has 0 aliphatic carbocycles. The molecule has 0 saturated heterocycles. The van der Waals surface area contributed by atoms with E-state index in [9.17, 15) is 19.2 Å². The highest BCUT2D eigenvalue weighted by atomic mass is 16.5. The lowest BCUT2D eigenvalue weighted by atomic mass is 10.0. The molecule has 9 nitrogen and oxygen atoms in total. The summed E-state index contributed by atoms with van der Waals surface area (Å²) in [5.74, 6) is -0.934. The predicted molar refractivity (Wildman–Crippen MR) is 144 cm³/mol. The third kappa shape index (κ3) is 5.90. The number of aryl methyl sites for hydroxylation is 1. The fraction of sp³-hybridized carbons (Fsp3) is 0.241. The second-order valence-corrected chi connectivity index (χ2v) is 9.09. The number of urea groups is 1. The minimum absolute atomic E-state index is 0.181. The van der Waals surface area contributed by atoms with Crippen LogP contribution in [0.3, 0.4) is 0 Å². The molecule has 1 aliphatic heterocycles. The van der Waals surface area contributed by atoms with Crippen LogP contribution < -0.4 is 16.0 Å². The van der Waals surface area contributed by atoms with Crippen LogP contribution in [0, 0.1) is 6.92 Å². The summed E-state index contributed by atoms with van der Waals surface area (Å²) < 4.78 is 5.88. The Hall–Kier alpha value is -4.50. The first-order valence-corrected chi connectivity index (χ1v) is 12.3. The fourth-order valence-electron chi connectivity index (χ4n) is 4.37. The van der Waals surface area contributed by atoms with E-state index in [0.717, 1.165) is 16.0 Å². The molecule has 5 amide bonds. The minimum atomic E-state index is -0.850. The Morgan fingerprint density at radius 1 is 1.00 bits per heavy atom. The van der Waals surface area contributed by atoms with Gasteiger partial charge in [-0.1, -0.05) is 36.4 Å². The summed E-state index contributed by atoms with van der Waals surface area (Å²) in [6.45, 7) is 2.04. The third-order valence-electron chi connectivity index (χ3n) is 6.56. The molecule has 0 spiro atoms. The first-order valence-electron chi connectivity index (χ1n) is 12.3. The number of carbonyl (C=O) groups is 4. The Bertz CT molecular complexity index is 1360. The number of imide groups is 1. The highest BCUT2D eigenvalue weighted by molar-refractivity contribution is 6.08. The standard InChI is InChI=1S/C29H30N4O5/c1-19-8-3-4-9-22(19)27(35)31-21-15-13-20(14-16-21)28(36)33-17-7-12-25(23-10-5-6-11-24(23)33)38-18-26(34)32(2)29(30)37/h3-6,8-11,13-16,25H,7,12,17-18H2,1-2H3,(H2,30,37)(H,31,35). The summed E-state index contributed by atoms with van der Waals surface area (Å²) >= 11 is 0. The van der Waals surface area contributed by atoms with E-state index in [1.54, 1.807) is 35.2 Å². The van der Waals surface area contributed by atoms with Crippen molar-refractivity contribution in [1.29, 1.82) is 0 Å². The molecule has 4 rings (SSSR count). The molecule has 0 bridgehead atoms. The molecule has 3 N–H and O–H groups in total. The molecular formula is C29H30N4O5. The van der Waals surface area contributed by atoms with E-state index < -0.39 is 18.0 Å². The zero-order chi connectivity index (χ0) is 27.2. The predicted octanol–water partition coefficient (Wildman–Crippen LogP) is 4.28. The maximum Gasteiger partial charge on any atom is 0.321 e. The summed E-state index contributed by atoms with van der Waals surface area (Å²) in [5.41, 5.74) is 9.19. The molecule has 0 aromatic heterocycles. The zero-order valence-electron chi connectivity index (χ0n) is 21.3. The van der Waals surface area contributed by atoms with Crippen molar-refractivity contribution in [3.8, 4) is 0 Å². The van der Waals surface area contributed by atoms with Crippen LogP contribution in [0.5, 0.6) is 0 Å². The summed E-state index contributed by atoms with van der Waals surface area (Å²) in [4.78, 5) is 52.1. The monoisotopic (exact) mass is 514 g/mol. The van der Waals surface area contributed by atoms with Gasteiger partial charge in [-0.3, -0.25) is 19.3 Å². The normalized spacial score (nSPS) is 14.7. The molecule has 0 fully saturated rings. The Morgan fingerprint density at radius 2 is 1.68 bits per heavy atom. The van der Waals surface area contributed by atoms with E-state index in [1.807, 2.05) is 49.4 Å². The van der Waals surface area contributed by atoms with Gasteiger partial charge in [0.25, 0.3) is 17.7 Å². The van der Waals surface area contributed by atoms with Gasteiger partial charge in [-0.25, -0.2) is 4.79 Å². The highest BCUT2D eigenvalue weighted by Gasteiger charge is 2.28. The third-order valence-corrected chi connectivity index (χ3v) is 6.56. The van der Waals surface area contributed by atoms with Crippen molar-refractivity contribution in [3.05, 3.63) is 95.1 Å². The van der Waals surface area contributed by atoms with Gasteiger partial charge in [-0.15, -0.1) is 0 Å². The van der Waals surface area contributed by atoms with Crippen LogP contribution >= 0.6 is 0 Å². The van der Waals surface area contributed by atoms with E-state index in [-0.39, 0.29) is 18.4 Å². The largest absolute Gasteiger partial charge is 0.364 e. The van der Waals surface area contributed by atoms with Crippen LogP contribution in [0.2, 0.25) is 0 Å². The molecule has 1 aliphatic rings. The molecule has 0 saturated carbocycles. The molecule has 3 aromatic rings. The number of nitrogens with two attached hydrogens (primary N) is 1. The van der Waals surface area contributed by atoms with E-state index in [4.69, 9.17) is 10.5 Å². The lowest BCUT2D eigenvalue weighted by Gasteiger charge is -2.24. The van der Waals surface area contributed by atoms with Gasteiger partial charge in [0.15, 0.2) is 0 Å². The number of nitrogens with zero attached hydrogens (tertiary/aromatic N) is 2. The van der Waals surface area contributed by atoms with Crippen molar-refractivity contribution in [2.24, 2.45) is 5.73 Å². The second kappa shape index (κ2) is 11.7. The Morgan fingerprint density at radius 3 is 2.39 bits per heavy atom. The maximum absolute atomic E-state index is 13.5. The average Bonchev–Trinajstić information content (AvgIpc) is 3.11. The van der Waals surface area contributed by atoms with E-state index >= 15 is 0 Å². The lowest BCUT2D eigenvalue weighted by molar-refractivity contribution is -0.134. The first-order chi connectivity index (χ1) is 18.3. The van der Waals surface area contributed by atoms with Crippen molar-refractivity contribution < 1.29 is 23.9 Å². The molecule has 1 heterocycles. The number of fused-ring (bicyclic) bond motifs is 1. The van der Waals surface area contributed by atoms with Crippen molar-refractivity contribution in [2.45, 2.75) is 25.9 Å². The van der Waals surface area contributed by atoms with Crippen molar-refractivity contribution in [3.63, 3.8) is 0 Å². The van der Waals surface area contributed by atoms with Crippen molar-refractivity contribution >= 4 is 35.1 Å².